The van der Waals surface area contributed by atoms with Crippen LogP contribution in [0.4, 0.5) is 0 Å². The Morgan fingerprint density at radius 1 is 1.32 bits per heavy atom. The summed E-state index contributed by atoms with van der Waals surface area (Å²) in [6.07, 6.45) is 6.56. The van der Waals surface area contributed by atoms with Gasteiger partial charge in [0.05, 0.1) is 28.0 Å². The van der Waals surface area contributed by atoms with Gasteiger partial charge in [0.25, 0.3) is 5.91 Å². The van der Waals surface area contributed by atoms with E-state index in [0.29, 0.717) is 5.56 Å². The number of aromatic amines is 1. The van der Waals surface area contributed by atoms with Gasteiger partial charge in [0.15, 0.2) is 0 Å². The van der Waals surface area contributed by atoms with E-state index < -0.39 is 0 Å². The summed E-state index contributed by atoms with van der Waals surface area (Å²) in [7, 11) is 0. The van der Waals surface area contributed by atoms with E-state index in [1.54, 1.807) is 12.4 Å². The maximum atomic E-state index is 12.7. The van der Waals surface area contributed by atoms with Crippen LogP contribution in [0.15, 0.2) is 36.7 Å². The minimum Gasteiger partial charge on any atom is -0.359 e. The van der Waals surface area contributed by atoms with Gasteiger partial charge in [-0.15, -0.1) is 0 Å². The second kappa shape index (κ2) is 3.94. The first kappa shape index (κ1) is 11.9. The van der Waals surface area contributed by atoms with Crippen LogP contribution in [0.25, 0.3) is 22.3 Å². The third-order valence-electron chi connectivity index (χ3n) is 4.82. The zero-order valence-corrected chi connectivity index (χ0v) is 11.9. The van der Waals surface area contributed by atoms with Crippen LogP contribution in [-0.4, -0.2) is 20.9 Å². The lowest BCUT2D eigenvalue weighted by Crippen LogP contribution is -2.51. The lowest BCUT2D eigenvalue weighted by molar-refractivity contribution is 0.0818. The number of nitrogens with one attached hydrogen (secondary N) is 2. The highest BCUT2D eigenvalue weighted by Gasteiger charge is 2.41. The molecule has 22 heavy (non-hydrogen) atoms. The number of carbonyl (C=O) groups is 1. The van der Waals surface area contributed by atoms with Gasteiger partial charge in [-0.3, -0.25) is 9.78 Å². The molecule has 0 spiro atoms. The zero-order valence-electron chi connectivity index (χ0n) is 11.9. The maximum absolute atomic E-state index is 12.7. The molecule has 1 fully saturated rings. The second-order valence-electron chi connectivity index (χ2n) is 6.09. The maximum Gasteiger partial charge on any atom is 0.254 e. The number of rotatable bonds is 3. The van der Waals surface area contributed by atoms with Crippen LogP contribution in [0.3, 0.4) is 0 Å². The Hall–Kier alpha value is -2.69. The molecule has 0 bridgehead atoms. The molecule has 1 saturated carbocycles. The predicted molar refractivity (Wildman–Crippen MR) is 82.3 cm³/mol. The van der Waals surface area contributed by atoms with Crippen molar-refractivity contribution in [2.24, 2.45) is 0 Å². The number of carbonyl (C=O) groups excluding carboxylic acids is 1. The van der Waals surface area contributed by atoms with Crippen LogP contribution in [0, 0.1) is 0 Å². The van der Waals surface area contributed by atoms with Crippen molar-refractivity contribution in [2.45, 2.75) is 24.8 Å². The molecule has 5 nitrogen and oxygen atoms in total. The molecule has 2 N–H and O–H groups in total. The highest BCUT2D eigenvalue weighted by atomic mass is 16.1. The lowest BCUT2D eigenvalue weighted by Gasteiger charge is -2.42. The fourth-order valence-corrected chi connectivity index (χ4v) is 3.39. The van der Waals surface area contributed by atoms with Gasteiger partial charge in [-0.05, 0) is 37.5 Å². The molecule has 3 heterocycles. The van der Waals surface area contributed by atoms with Gasteiger partial charge in [0.2, 0.25) is 0 Å². The number of aromatic nitrogens is 3. The van der Waals surface area contributed by atoms with E-state index in [1.165, 1.54) is 0 Å². The first-order valence-corrected chi connectivity index (χ1v) is 7.53. The molecule has 0 aromatic carbocycles. The fourth-order valence-electron chi connectivity index (χ4n) is 3.39. The van der Waals surface area contributed by atoms with Gasteiger partial charge >= 0.3 is 0 Å². The average Bonchev–Trinajstić information content (AvgIpc) is 2.99. The summed E-state index contributed by atoms with van der Waals surface area (Å²) in [5, 5.41) is 4.18. The van der Waals surface area contributed by atoms with E-state index in [9.17, 15) is 4.79 Å². The summed E-state index contributed by atoms with van der Waals surface area (Å²) in [5.41, 5.74) is 4.30. The molecule has 5 rings (SSSR count). The van der Waals surface area contributed by atoms with Crippen molar-refractivity contribution < 1.29 is 4.79 Å². The molecule has 2 aromatic rings. The molecule has 1 amide bonds. The van der Waals surface area contributed by atoms with Crippen molar-refractivity contribution in [1.29, 1.82) is 0 Å². The Labute approximate surface area is 126 Å². The lowest BCUT2D eigenvalue weighted by atomic mass is 9.74. The van der Waals surface area contributed by atoms with Crippen LogP contribution in [-0.2, 0) is 5.54 Å². The molecule has 5 heteroatoms. The highest BCUT2D eigenvalue weighted by Crippen LogP contribution is 2.42. The van der Waals surface area contributed by atoms with Gasteiger partial charge in [0.1, 0.15) is 5.69 Å². The normalized spacial score (nSPS) is 17.1. The van der Waals surface area contributed by atoms with E-state index in [0.717, 1.165) is 47.2 Å². The first-order valence-electron chi connectivity index (χ1n) is 7.53. The number of amides is 1. The van der Waals surface area contributed by atoms with Crippen LogP contribution in [0.1, 0.15) is 35.3 Å². The van der Waals surface area contributed by atoms with Crippen LogP contribution < -0.4 is 5.32 Å². The van der Waals surface area contributed by atoms with E-state index >= 15 is 0 Å². The van der Waals surface area contributed by atoms with Gasteiger partial charge in [-0.1, -0.05) is 6.07 Å². The van der Waals surface area contributed by atoms with Gasteiger partial charge < -0.3 is 10.3 Å². The number of pyridine rings is 2. The van der Waals surface area contributed by atoms with Crippen LogP contribution >= 0.6 is 0 Å². The molecule has 2 aromatic heterocycles. The molecular weight excluding hydrogens is 276 g/mol. The van der Waals surface area contributed by atoms with Crippen molar-refractivity contribution in [1.82, 2.24) is 20.3 Å². The first-order chi connectivity index (χ1) is 10.8. The van der Waals surface area contributed by atoms with Gasteiger partial charge in [-0.25, -0.2) is 4.98 Å². The Balaban J connectivity index is 1.49. The number of nitrogens with zero attached hydrogens (tertiary/aromatic N) is 2. The monoisotopic (exact) mass is 290 g/mol. The van der Waals surface area contributed by atoms with Crippen LogP contribution in [0.5, 0.6) is 0 Å². The Morgan fingerprint density at radius 3 is 2.95 bits per heavy atom. The number of hydrogen-bond donors (Lipinski definition) is 2. The molecule has 1 aliphatic heterocycles. The SMILES string of the molecule is O=C(NC1(c2ccccn2)CCC1)c1c[nH]c2c3nc-3cc12. The van der Waals surface area contributed by atoms with Crippen molar-refractivity contribution in [3.8, 4) is 11.4 Å². The zero-order chi connectivity index (χ0) is 14.7. The summed E-state index contributed by atoms with van der Waals surface area (Å²) < 4.78 is 0. The summed E-state index contributed by atoms with van der Waals surface area (Å²) in [4.78, 5) is 24.6. The number of hydrogen-bond acceptors (Lipinski definition) is 3. The van der Waals surface area contributed by atoms with E-state index in [-0.39, 0.29) is 11.4 Å². The Kier molecular flexibility index (Phi) is 2.13. The third-order valence-corrected chi connectivity index (χ3v) is 4.82. The summed E-state index contributed by atoms with van der Waals surface area (Å²) >= 11 is 0. The number of fused-ring (bicyclic) bond motifs is 3. The highest BCUT2D eigenvalue weighted by molar-refractivity contribution is 6.13. The third kappa shape index (κ3) is 1.51. The minimum absolute atomic E-state index is 0.0402. The van der Waals surface area contributed by atoms with E-state index in [4.69, 9.17) is 0 Å². The molecule has 2 aliphatic carbocycles. The molecule has 0 saturated heterocycles. The second-order valence-corrected chi connectivity index (χ2v) is 6.09. The fraction of sp³-hybridized carbons (Fsp3) is 0.235. The predicted octanol–water partition coefficient (Wildman–Crippen LogP) is 2.75. The molecule has 0 unspecified atom stereocenters. The van der Waals surface area contributed by atoms with Gasteiger partial charge in [-0.2, -0.15) is 0 Å². The van der Waals surface area contributed by atoms with Crippen molar-refractivity contribution in [3.05, 3.63) is 47.9 Å². The van der Waals surface area contributed by atoms with Gasteiger partial charge in [0, 0.05) is 17.8 Å². The Bertz CT molecular complexity index is 909. The number of H-pyrrole nitrogens is 1. The van der Waals surface area contributed by atoms with Crippen molar-refractivity contribution >= 4 is 16.8 Å². The topological polar surface area (TPSA) is 70.7 Å². The van der Waals surface area contributed by atoms with Crippen molar-refractivity contribution in [3.63, 3.8) is 0 Å². The average molecular weight is 290 g/mol. The minimum atomic E-state index is -0.311. The largest absolute Gasteiger partial charge is 0.359 e. The molecular formula is C17H14N4O. The van der Waals surface area contributed by atoms with Crippen LogP contribution in [0.2, 0.25) is 0 Å². The molecule has 0 atom stereocenters. The summed E-state index contributed by atoms with van der Waals surface area (Å²) in [6, 6.07) is 7.84. The van der Waals surface area contributed by atoms with E-state index in [2.05, 4.69) is 20.3 Å². The smallest absolute Gasteiger partial charge is 0.254 e. The molecule has 3 aliphatic rings. The van der Waals surface area contributed by atoms with Crippen molar-refractivity contribution in [2.75, 3.05) is 0 Å². The molecule has 0 radical (unpaired) electrons. The quantitative estimate of drug-likeness (QED) is 0.609. The summed E-state index contributed by atoms with van der Waals surface area (Å²) in [6.45, 7) is 0. The van der Waals surface area contributed by atoms with E-state index in [1.807, 2.05) is 24.3 Å². The summed E-state index contributed by atoms with van der Waals surface area (Å²) in [5.74, 6) is -0.0402. The standard InChI is InChI=1S/C17H14N4O/c22-16(11-9-19-14-10(11)8-12-15(14)20-12)21-17(5-3-6-17)13-4-1-2-7-18-13/h1-2,4,7-9,19H,3,5-6H2,(H,21,22). The molecule has 108 valence electrons. The Morgan fingerprint density at radius 2 is 2.23 bits per heavy atom.